The minimum atomic E-state index is -5.00. The summed E-state index contributed by atoms with van der Waals surface area (Å²) < 4.78 is 79.8. The Morgan fingerprint density at radius 3 is 1.97 bits per heavy atom. The van der Waals surface area contributed by atoms with Crippen molar-refractivity contribution < 1.29 is 31.1 Å². The predicted molar refractivity (Wildman–Crippen MR) is 115 cm³/mol. The topological polar surface area (TPSA) is 71.8 Å². The van der Waals surface area contributed by atoms with Crippen molar-refractivity contribution in [3.05, 3.63) is 71.8 Å². The zero-order valence-electron chi connectivity index (χ0n) is 18.2. The van der Waals surface area contributed by atoms with Gasteiger partial charge in [0, 0.05) is 35.7 Å². The van der Waals surface area contributed by atoms with Crippen molar-refractivity contribution in [3.8, 4) is 5.69 Å². The second-order valence-corrected chi connectivity index (χ2v) is 8.29. The van der Waals surface area contributed by atoms with Gasteiger partial charge in [0.25, 0.3) is 5.91 Å². The molecule has 1 fully saturated rings. The summed E-state index contributed by atoms with van der Waals surface area (Å²) in [6.07, 6.45) is -4.60. The molecule has 0 radical (unpaired) electrons. The van der Waals surface area contributed by atoms with Gasteiger partial charge < -0.3 is 10.6 Å². The number of hydrogen-bond donors (Lipinski definition) is 2. The molecule has 1 saturated carbocycles. The highest BCUT2D eigenvalue weighted by atomic mass is 19.4. The number of hydrogen-bond acceptors (Lipinski definition) is 4. The average molecular weight is 497 g/mol. The summed E-state index contributed by atoms with van der Waals surface area (Å²) >= 11 is 0. The van der Waals surface area contributed by atoms with Crippen LogP contribution in [0.3, 0.4) is 0 Å². The fourth-order valence-corrected chi connectivity index (χ4v) is 3.98. The van der Waals surface area contributed by atoms with E-state index in [-0.39, 0.29) is 23.7 Å². The van der Waals surface area contributed by atoms with Gasteiger partial charge in [-0.25, -0.2) is 9.67 Å². The maximum absolute atomic E-state index is 13.0. The summed E-state index contributed by atoms with van der Waals surface area (Å²) in [5, 5.41) is 9.83. The highest BCUT2D eigenvalue weighted by molar-refractivity contribution is 5.94. The third kappa shape index (κ3) is 6.11. The lowest BCUT2D eigenvalue weighted by Gasteiger charge is -2.30. The molecule has 3 aromatic rings. The Kier molecular flexibility index (Phi) is 6.73. The van der Waals surface area contributed by atoms with Gasteiger partial charge in [-0.1, -0.05) is 0 Å². The molecule has 12 heteroatoms. The van der Waals surface area contributed by atoms with E-state index in [0.717, 1.165) is 5.69 Å². The number of nitrogens with zero attached hydrogens (tertiary/aromatic N) is 3. The maximum Gasteiger partial charge on any atom is 0.433 e. The van der Waals surface area contributed by atoms with Crippen LogP contribution in [0.4, 0.5) is 32.0 Å². The van der Waals surface area contributed by atoms with Gasteiger partial charge in [-0.15, -0.1) is 0 Å². The number of alkyl halides is 6. The number of amides is 1. The Bertz CT molecular complexity index is 1120. The number of aromatic nitrogens is 3. The van der Waals surface area contributed by atoms with Crippen molar-refractivity contribution in [2.75, 3.05) is 5.32 Å². The van der Waals surface area contributed by atoms with E-state index in [1.807, 2.05) is 0 Å². The minimum Gasteiger partial charge on any atom is -0.382 e. The van der Waals surface area contributed by atoms with Gasteiger partial charge in [0.1, 0.15) is 11.4 Å². The van der Waals surface area contributed by atoms with Gasteiger partial charge in [-0.3, -0.25) is 4.79 Å². The van der Waals surface area contributed by atoms with E-state index in [4.69, 9.17) is 0 Å². The van der Waals surface area contributed by atoms with Crippen molar-refractivity contribution in [1.82, 2.24) is 20.1 Å². The molecule has 0 aliphatic heterocycles. The molecule has 1 aliphatic rings. The third-order valence-electron chi connectivity index (χ3n) is 5.74. The lowest BCUT2D eigenvalue weighted by Crippen LogP contribution is -2.40. The molecule has 35 heavy (non-hydrogen) atoms. The first-order valence-corrected chi connectivity index (χ1v) is 10.8. The quantitative estimate of drug-likeness (QED) is 0.460. The molecule has 2 N–H and O–H groups in total. The summed E-state index contributed by atoms with van der Waals surface area (Å²) in [4.78, 5) is 15.3. The van der Waals surface area contributed by atoms with Crippen LogP contribution in [0.15, 0.2) is 54.9 Å². The number of carbonyl (C=O) groups is 1. The molecule has 2 aromatic heterocycles. The molecule has 186 valence electrons. The molecular weight excluding hydrogens is 476 g/mol. The van der Waals surface area contributed by atoms with Crippen LogP contribution in [0.5, 0.6) is 0 Å². The van der Waals surface area contributed by atoms with E-state index in [1.165, 1.54) is 0 Å². The molecule has 2 heterocycles. The summed E-state index contributed by atoms with van der Waals surface area (Å²) in [5.74, 6) is -0.257. The summed E-state index contributed by atoms with van der Waals surface area (Å²) in [7, 11) is 0. The molecule has 6 nitrogen and oxygen atoms in total. The molecule has 1 aromatic carbocycles. The molecule has 4 rings (SSSR count). The Labute approximate surface area is 196 Å². The second kappa shape index (κ2) is 9.59. The third-order valence-corrected chi connectivity index (χ3v) is 5.74. The Morgan fingerprint density at radius 2 is 1.46 bits per heavy atom. The first kappa shape index (κ1) is 24.6. The van der Waals surface area contributed by atoms with E-state index in [9.17, 15) is 31.1 Å². The Morgan fingerprint density at radius 1 is 0.886 bits per heavy atom. The molecule has 0 bridgehead atoms. The average Bonchev–Trinajstić information content (AvgIpc) is 3.34. The lowest BCUT2D eigenvalue weighted by molar-refractivity contribution is -0.150. The van der Waals surface area contributed by atoms with Gasteiger partial charge in [0.15, 0.2) is 0 Å². The molecular formula is C23H21F6N5O. The van der Waals surface area contributed by atoms with Gasteiger partial charge in [-0.05, 0) is 68.1 Å². The number of rotatable bonds is 5. The van der Waals surface area contributed by atoms with Crippen LogP contribution in [-0.4, -0.2) is 32.8 Å². The zero-order chi connectivity index (χ0) is 25.2. The largest absolute Gasteiger partial charge is 0.433 e. The summed E-state index contributed by atoms with van der Waals surface area (Å²) in [5.41, 5.74) is -2.22. The van der Waals surface area contributed by atoms with Crippen molar-refractivity contribution in [2.45, 2.75) is 50.1 Å². The van der Waals surface area contributed by atoms with Crippen molar-refractivity contribution in [2.24, 2.45) is 0 Å². The minimum absolute atomic E-state index is 0.153. The number of nitrogens with one attached hydrogen (secondary N) is 2. The predicted octanol–water partition coefficient (Wildman–Crippen LogP) is 5.46. The van der Waals surface area contributed by atoms with Crippen molar-refractivity contribution in [3.63, 3.8) is 0 Å². The molecule has 0 spiro atoms. The van der Waals surface area contributed by atoms with Crippen LogP contribution < -0.4 is 10.6 Å². The van der Waals surface area contributed by atoms with Crippen LogP contribution in [0, 0.1) is 0 Å². The number of pyridine rings is 1. The van der Waals surface area contributed by atoms with Gasteiger partial charge >= 0.3 is 12.4 Å². The number of carbonyl (C=O) groups excluding carboxylic acids is 1. The summed E-state index contributed by atoms with van der Waals surface area (Å²) in [6.45, 7) is 0. The zero-order valence-corrected chi connectivity index (χ0v) is 18.2. The Hall–Kier alpha value is -3.57. The smallest absolute Gasteiger partial charge is 0.382 e. The highest BCUT2D eigenvalue weighted by Gasteiger charge is 2.39. The van der Waals surface area contributed by atoms with Gasteiger partial charge in [-0.2, -0.15) is 31.4 Å². The first-order chi connectivity index (χ1) is 16.5. The SMILES string of the molecule is O=C(NC1CCC(Nc2cc(C(F)(F)F)nc(C(F)(F)F)c2)CC1)c1ccc(-n2cccn2)cc1. The second-order valence-electron chi connectivity index (χ2n) is 8.29. The molecule has 0 unspecified atom stereocenters. The molecule has 0 saturated heterocycles. The van der Waals surface area contributed by atoms with Crippen LogP contribution in [-0.2, 0) is 12.4 Å². The molecule has 1 aliphatic carbocycles. The van der Waals surface area contributed by atoms with Gasteiger partial charge in [0.05, 0.1) is 5.69 Å². The lowest BCUT2D eigenvalue weighted by atomic mass is 9.90. The van der Waals surface area contributed by atoms with Crippen LogP contribution in [0.1, 0.15) is 47.4 Å². The number of halogens is 6. The van der Waals surface area contributed by atoms with E-state index in [1.54, 1.807) is 47.4 Å². The van der Waals surface area contributed by atoms with Gasteiger partial charge in [0.2, 0.25) is 0 Å². The fourth-order valence-electron chi connectivity index (χ4n) is 3.98. The van der Waals surface area contributed by atoms with Crippen LogP contribution in [0.25, 0.3) is 5.69 Å². The van der Waals surface area contributed by atoms with Crippen molar-refractivity contribution >= 4 is 11.6 Å². The van der Waals surface area contributed by atoms with Crippen molar-refractivity contribution in [1.29, 1.82) is 0 Å². The maximum atomic E-state index is 13.0. The standard InChI is InChI=1S/C23H21F6N5O/c24-22(25,26)19-12-17(13-20(33-19)23(27,28)29)31-15-4-6-16(7-5-15)32-21(35)14-2-8-18(9-3-14)34-11-1-10-30-34/h1-3,8-13,15-16H,4-7H2,(H,31,33)(H,32,35). The Balaban J connectivity index is 1.34. The van der Waals surface area contributed by atoms with E-state index < -0.39 is 23.7 Å². The highest BCUT2D eigenvalue weighted by Crippen LogP contribution is 2.35. The molecule has 0 atom stereocenters. The normalized spacial score (nSPS) is 18.8. The van der Waals surface area contributed by atoms with E-state index >= 15 is 0 Å². The van der Waals surface area contributed by atoms with Crippen LogP contribution >= 0.6 is 0 Å². The first-order valence-electron chi connectivity index (χ1n) is 10.8. The van der Waals surface area contributed by atoms with E-state index in [0.29, 0.717) is 43.4 Å². The number of benzene rings is 1. The van der Waals surface area contributed by atoms with E-state index in [2.05, 4.69) is 20.7 Å². The van der Waals surface area contributed by atoms with Crippen LogP contribution in [0.2, 0.25) is 0 Å². The molecule has 1 amide bonds. The summed E-state index contributed by atoms with van der Waals surface area (Å²) in [6, 6.07) is 9.35. The fraction of sp³-hybridized carbons (Fsp3) is 0.348. The number of anilines is 1. The monoisotopic (exact) mass is 497 g/mol.